The van der Waals surface area contributed by atoms with E-state index in [1.807, 2.05) is 0 Å². The van der Waals surface area contributed by atoms with Gasteiger partial charge >= 0.3 is 0 Å². The number of ether oxygens (including phenoxy) is 1. The molecule has 5 heteroatoms. The number of pyridine rings is 1. The average Bonchev–Trinajstić information content (AvgIpc) is 2.01. The van der Waals surface area contributed by atoms with E-state index in [0.29, 0.717) is 6.92 Å². The minimum Gasteiger partial charge on any atom is -0.483 e. The summed E-state index contributed by atoms with van der Waals surface area (Å²) >= 11 is 0. The third kappa shape index (κ3) is 3.31. The van der Waals surface area contributed by atoms with Crippen molar-refractivity contribution in [2.45, 2.75) is 12.8 Å². The molecule has 13 heavy (non-hydrogen) atoms. The summed E-state index contributed by atoms with van der Waals surface area (Å²) in [5.41, 5.74) is 0. The fourth-order valence-corrected chi connectivity index (χ4v) is 0.683. The molecule has 0 aliphatic carbocycles. The van der Waals surface area contributed by atoms with Gasteiger partial charge in [-0.1, -0.05) is 0 Å². The minimum atomic E-state index is -2.97. The largest absolute Gasteiger partial charge is 0.483 e. The van der Waals surface area contributed by atoms with E-state index in [2.05, 4.69) is 9.72 Å². The van der Waals surface area contributed by atoms with Gasteiger partial charge in [0.15, 0.2) is 12.4 Å². The third-order valence-corrected chi connectivity index (χ3v) is 1.21. The maximum Gasteiger partial charge on any atom is 0.278 e. The molecule has 0 N–H and O–H groups in total. The van der Waals surface area contributed by atoms with Gasteiger partial charge in [-0.05, 0) is 12.1 Å². The van der Waals surface area contributed by atoms with Gasteiger partial charge in [-0.25, -0.2) is 13.8 Å². The first-order valence-electron chi connectivity index (χ1n) is 3.60. The van der Waals surface area contributed by atoms with E-state index in [9.17, 15) is 13.2 Å². The Balaban J connectivity index is 2.60. The van der Waals surface area contributed by atoms with Crippen molar-refractivity contribution < 1.29 is 17.9 Å². The maximum atomic E-state index is 12.7. The van der Waals surface area contributed by atoms with Crippen molar-refractivity contribution in [3.8, 4) is 5.75 Å². The molecule has 0 fully saturated rings. The molecule has 0 radical (unpaired) electrons. The smallest absolute Gasteiger partial charge is 0.278 e. The highest BCUT2D eigenvalue weighted by Crippen LogP contribution is 2.17. The van der Waals surface area contributed by atoms with E-state index in [1.165, 1.54) is 18.3 Å². The first-order chi connectivity index (χ1) is 5.99. The van der Waals surface area contributed by atoms with Crippen LogP contribution >= 0.6 is 0 Å². The second kappa shape index (κ2) is 3.64. The molecule has 72 valence electrons. The quantitative estimate of drug-likeness (QED) is 0.683. The van der Waals surface area contributed by atoms with Crippen LogP contribution in [-0.4, -0.2) is 17.5 Å². The van der Waals surface area contributed by atoms with Gasteiger partial charge in [0, 0.05) is 13.1 Å². The van der Waals surface area contributed by atoms with E-state index >= 15 is 0 Å². The second-order valence-electron chi connectivity index (χ2n) is 2.65. The molecule has 0 amide bonds. The molecular formula is C8H8F3NO. The topological polar surface area (TPSA) is 22.1 Å². The van der Waals surface area contributed by atoms with Gasteiger partial charge in [-0.15, -0.1) is 0 Å². The number of rotatable bonds is 3. The Morgan fingerprint density at radius 2 is 2.23 bits per heavy atom. The fraction of sp³-hybridized carbons (Fsp3) is 0.375. The molecule has 0 saturated heterocycles. The highest BCUT2D eigenvalue weighted by atomic mass is 19.3. The van der Waals surface area contributed by atoms with E-state index in [1.54, 1.807) is 0 Å². The lowest BCUT2D eigenvalue weighted by molar-refractivity contribution is -0.0241. The first-order valence-corrected chi connectivity index (χ1v) is 3.60. The van der Waals surface area contributed by atoms with Gasteiger partial charge in [0.2, 0.25) is 0 Å². The molecule has 0 bridgehead atoms. The van der Waals surface area contributed by atoms with E-state index in [0.717, 1.165) is 0 Å². The lowest BCUT2D eigenvalue weighted by Gasteiger charge is -2.11. The van der Waals surface area contributed by atoms with Crippen LogP contribution in [0.15, 0.2) is 18.3 Å². The van der Waals surface area contributed by atoms with Crippen molar-refractivity contribution in [1.82, 2.24) is 4.98 Å². The van der Waals surface area contributed by atoms with Crippen LogP contribution in [0, 0.1) is 5.95 Å². The van der Waals surface area contributed by atoms with Crippen molar-refractivity contribution >= 4 is 0 Å². The molecule has 0 spiro atoms. The zero-order valence-corrected chi connectivity index (χ0v) is 6.93. The van der Waals surface area contributed by atoms with E-state index in [-0.39, 0.29) is 5.75 Å². The summed E-state index contributed by atoms with van der Waals surface area (Å²) in [5.74, 6) is -4.11. The Morgan fingerprint density at radius 1 is 1.54 bits per heavy atom. The van der Waals surface area contributed by atoms with Crippen molar-refractivity contribution in [3.63, 3.8) is 0 Å². The Morgan fingerprint density at radius 3 is 2.77 bits per heavy atom. The molecule has 0 saturated carbocycles. The van der Waals surface area contributed by atoms with E-state index in [4.69, 9.17) is 0 Å². The molecule has 1 aromatic rings. The van der Waals surface area contributed by atoms with Crippen LogP contribution in [0.4, 0.5) is 13.2 Å². The summed E-state index contributed by atoms with van der Waals surface area (Å²) in [7, 11) is 0. The van der Waals surface area contributed by atoms with Crippen LogP contribution in [0.25, 0.3) is 0 Å². The number of hydrogen-bond donors (Lipinski definition) is 0. The third-order valence-electron chi connectivity index (χ3n) is 1.21. The SMILES string of the molecule is CC(F)(F)COc1cccnc1F. The Hall–Kier alpha value is -1.26. The van der Waals surface area contributed by atoms with Gasteiger partial charge < -0.3 is 4.74 Å². The maximum absolute atomic E-state index is 12.7. The average molecular weight is 191 g/mol. The highest BCUT2D eigenvalue weighted by Gasteiger charge is 2.22. The number of nitrogens with zero attached hydrogens (tertiary/aromatic N) is 1. The van der Waals surface area contributed by atoms with Crippen molar-refractivity contribution in [3.05, 3.63) is 24.3 Å². The number of halogens is 3. The van der Waals surface area contributed by atoms with Gasteiger partial charge in [-0.3, -0.25) is 0 Å². The summed E-state index contributed by atoms with van der Waals surface area (Å²) in [6.45, 7) is -0.156. The Kier molecular flexibility index (Phi) is 2.75. The summed E-state index contributed by atoms with van der Waals surface area (Å²) < 4.78 is 41.7. The summed E-state index contributed by atoms with van der Waals surface area (Å²) in [5, 5.41) is 0. The molecule has 0 aromatic carbocycles. The Labute approximate surface area is 73.4 Å². The van der Waals surface area contributed by atoms with Gasteiger partial charge in [-0.2, -0.15) is 4.39 Å². The number of alkyl halides is 2. The van der Waals surface area contributed by atoms with Crippen LogP contribution in [0.2, 0.25) is 0 Å². The first kappa shape index (κ1) is 9.83. The lowest BCUT2D eigenvalue weighted by Crippen LogP contribution is -2.21. The summed E-state index contributed by atoms with van der Waals surface area (Å²) in [6, 6.07) is 2.65. The molecule has 0 unspecified atom stereocenters. The number of aromatic nitrogens is 1. The zero-order chi connectivity index (χ0) is 9.90. The molecule has 0 atom stereocenters. The molecule has 1 aromatic heterocycles. The molecule has 2 nitrogen and oxygen atoms in total. The van der Waals surface area contributed by atoms with Crippen molar-refractivity contribution in [2.24, 2.45) is 0 Å². The second-order valence-corrected chi connectivity index (χ2v) is 2.65. The van der Waals surface area contributed by atoms with Gasteiger partial charge in [0.1, 0.15) is 0 Å². The standard InChI is InChI=1S/C8H8F3NO/c1-8(10,11)5-13-6-3-2-4-12-7(6)9/h2-4H,5H2,1H3. The lowest BCUT2D eigenvalue weighted by atomic mass is 10.4. The predicted molar refractivity (Wildman–Crippen MR) is 40.3 cm³/mol. The predicted octanol–water partition coefficient (Wildman–Crippen LogP) is 2.25. The van der Waals surface area contributed by atoms with Crippen LogP contribution in [0.5, 0.6) is 5.75 Å². The minimum absolute atomic E-state index is 0.260. The monoisotopic (exact) mass is 191 g/mol. The Bertz CT molecular complexity index is 285. The molecule has 0 aliphatic rings. The number of hydrogen-bond acceptors (Lipinski definition) is 2. The van der Waals surface area contributed by atoms with Gasteiger partial charge in [0.25, 0.3) is 11.9 Å². The summed E-state index contributed by atoms with van der Waals surface area (Å²) in [4.78, 5) is 3.24. The molecular weight excluding hydrogens is 183 g/mol. The molecule has 0 aliphatic heterocycles. The normalized spacial score (nSPS) is 11.4. The van der Waals surface area contributed by atoms with E-state index < -0.39 is 18.5 Å². The zero-order valence-electron chi connectivity index (χ0n) is 6.93. The molecule has 1 heterocycles. The van der Waals surface area contributed by atoms with Crippen molar-refractivity contribution in [1.29, 1.82) is 0 Å². The summed E-state index contributed by atoms with van der Waals surface area (Å²) in [6.07, 6.45) is 1.21. The van der Waals surface area contributed by atoms with Crippen molar-refractivity contribution in [2.75, 3.05) is 6.61 Å². The molecule has 1 rings (SSSR count). The van der Waals surface area contributed by atoms with Crippen LogP contribution in [0.1, 0.15) is 6.92 Å². The van der Waals surface area contributed by atoms with Crippen LogP contribution in [0.3, 0.4) is 0 Å². The van der Waals surface area contributed by atoms with Crippen LogP contribution < -0.4 is 4.74 Å². The van der Waals surface area contributed by atoms with Gasteiger partial charge in [0.05, 0.1) is 0 Å². The highest BCUT2D eigenvalue weighted by molar-refractivity contribution is 5.17. The van der Waals surface area contributed by atoms with Crippen LogP contribution in [-0.2, 0) is 0 Å². The fourth-order valence-electron chi connectivity index (χ4n) is 0.683.